The van der Waals surface area contributed by atoms with Crippen molar-refractivity contribution in [3.63, 3.8) is 0 Å². The van der Waals surface area contributed by atoms with Crippen LogP contribution in [0.4, 0.5) is 0 Å². The zero-order valence-corrected chi connectivity index (χ0v) is 11.9. The lowest BCUT2D eigenvalue weighted by Crippen LogP contribution is -2.48. The van der Waals surface area contributed by atoms with E-state index < -0.39 is 6.04 Å². The molecule has 0 spiro atoms. The number of hydrogen-bond donors (Lipinski definition) is 2. The molecule has 1 atom stereocenters. The molecular formula is C14H21ClN2O. The quantitative estimate of drug-likeness (QED) is 0.881. The maximum Gasteiger partial charge on any atom is 0.237 e. The summed E-state index contributed by atoms with van der Waals surface area (Å²) in [5.41, 5.74) is 6.67. The van der Waals surface area contributed by atoms with Crippen molar-refractivity contribution in [3.8, 4) is 0 Å². The van der Waals surface area contributed by atoms with Gasteiger partial charge in [-0.15, -0.1) is 0 Å². The third-order valence-electron chi connectivity index (χ3n) is 2.87. The molecule has 0 aliphatic rings. The second kappa shape index (κ2) is 6.21. The van der Waals surface area contributed by atoms with Crippen LogP contribution in [0.15, 0.2) is 24.3 Å². The topological polar surface area (TPSA) is 55.1 Å². The minimum absolute atomic E-state index is 0.116. The molecule has 0 saturated heterocycles. The maximum absolute atomic E-state index is 11.8. The van der Waals surface area contributed by atoms with Crippen LogP contribution in [-0.4, -0.2) is 18.5 Å². The molecule has 0 bridgehead atoms. The number of benzene rings is 1. The normalized spacial score (nSPS) is 13.2. The van der Waals surface area contributed by atoms with Crippen molar-refractivity contribution >= 4 is 17.5 Å². The highest BCUT2D eigenvalue weighted by atomic mass is 35.5. The molecule has 0 aliphatic carbocycles. The van der Waals surface area contributed by atoms with Crippen LogP contribution in [0.25, 0.3) is 0 Å². The lowest BCUT2D eigenvalue weighted by atomic mass is 9.87. The highest BCUT2D eigenvalue weighted by Gasteiger charge is 2.26. The number of halogens is 1. The van der Waals surface area contributed by atoms with Crippen LogP contribution in [-0.2, 0) is 11.2 Å². The fourth-order valence-electron chi connectivity index (χ4n) is 1.52. The molecule has 4 heteroatoms. The van der Waals surface area contributed by atoms with E-state index in [-0.39, 0.29) is 11.3 Å². The molecule has 0 radical (unpaired) electrons. The second-order valence-corrected chi connectivity index (χ2v) is 5.88. The van der Waals surface area contributed by atoms with Crippen LogP contribution in [0, 0.1) is 5.41 Å². The molecule has 100 valence electrons. The lowest BCUT2D eigenvalue weighted by Gasteiger charge is -2.25. The Morgan fingerprint density at radius 2 is 2.00 bits per heavy atom. The summed E-state index contributed by atoms with van der Waals surface area (Å²) in [6, 6.07) is 7.13. The Morgan fingerprint density at radius 3 is 2.56 bits per heavy atom. The van der Waals surface area contributed by atoms with Gasteiger partial charge in [0, 0.05) is 11.6 Å². The van der Waals surface area contributed by atoms with Crippen LogP contribution in [0.2, 0.25) is 5.02 Å². The first-order valence-corrected chi connectivity index (χ1v) is 6.47. The first-order valence-electron chi connectivity index (χ1n) is 6.09. The van der Waals surface area contributed by atoms with Gasteiger partial charge in [0.1, 0.15) is 0 Å². The van der Waals surface area contributed by atoms with Crippen LogP contribution in [0.5, 0.6) is 0 Å². The van der Waals surface area contributed by atoms with Crippen LogP contribution in [0.1, 0.15) is 26.3 Å². The second-order valence-electron chi connectivity index (χ2n) is 5.48. The zero-order valence-electron chi connectivity index (χ0n) is 11.2. The predicted octanol–water partition coefficient (Wildman–Crippen LogP) is 2.37. The Bertz CT molecular complexity index is 413. The fraction of sp³-hybridized carbons (Fsp3) is 0.500. The van der Waals surface area contributed by atoms with Gasteiger partial charge in [0.25, 0.3) is 0 Å². The van der Waals surface area contributed by atoms with E-state index in [1.54, 1.807) is 0 Å². The molecule has 1 aromatic rings. The minimum atomic E-state index is -0.497. The van der Waals surface area contributed by atoms with E-state index in [0.717, 1.165) is 10.6 Å². The van der Waals surface area contributed by atoms with Gasteiger partial charge in [0.15, 0.2) is 0 Å². The first kappa shape index (κ1) is 15.0. The summed E-state index contributed by atoms with van der Waals surface area (Å²) >= 11 is 6.04. The number of carbonyl (C=O) groups is 1. The molecule has 3 nitrogen and oxygen atoms in total. The van der Waals surface area contributed by atoms with Crippen molar-refractivity contribution in [1.82, 2.24) is 5.32 Å². The summed E-state index contributed by atoms with van der Waals surface area (Å²) in [6.45, 7) is 6.40. The average molecular weight is 269 g/mol. The van der Waals surface area contributed by atoms with Gasteiger partial charge in [0.2, 0.25) is 5.91 Å². The van der Waals surface area contributed by atoms with Gasteiger partial charge < -0.3 is 11.1 Å². The highest BCUT2D eigenvalue weighted by molar-refractivity contribution is 6.31. The number of nitrogens with two attached hydrogens (primary N) is 1. The van der Waals surface area contributed by atoms with Crippen LogP contribution >= 0.6 is 11.6 Å². The standard InChI is InChI=1S/C14H21ClN2O/c1-14(2,3)12(16)13(18)17-9-8-10-6-4-5-7-11(10)15/h4-7,12H,8-9,16H2,1-3H3,(H,17,18)/t12-/m1/s1. The molecule has 1 amide bonds. The van der Waals surface area contributed by atoms with Crippen molar-refractivity contribution in [2.75, 3.05) is 6.54 Å². The highest BCUT2D eigenvalue weighted by Crippen LogP contribution is 2.17. The van der Waals surface area contributed by atoms with E-state index in [0.29, 0.717) is 13.0 Å². The van der Waals surface area contributed by atoms with E-state index in [1.165, 1.54) is 0 Å². The number of amides is 1. The smallest absolute Gasteiger partial charge is 0.237 e. The molecule has 0 heterocycles. The molecule has 0 aliphatic heterocycles. The molecule has 0 saturated carbocycles. The van der Waals surface area contributed by atoms with Crippen LogP contribution < -0.4 is 11.1 Å². The lowest BCUT2D eigenvalue weighted by molar-refractivity contribution is -0.124. The van der Waals surface area contributed by atoms with Gasteiger partial charge >= 0.3 is 0 Å². The minimum Gasteiger partial charge on any atom is -0.354 e. The largest absolute Gasteiger partial charge is 0.354 e. The third-order valence-corrected chi connectivity index (χ3v) is 3.24. The molecule has 3 N–H and O–H groups in total. The number of carbonyl (C=O) groups excluding carboxylic acids is 1. The molecule has 18 heavy (non-hydrogen) atoms. The summed E-state index contributed by atoms with van der Waals surface area (Å²) in [6.07, 6.45) is 0.711. The Labute approximate surface area is 114 Å². The van der Waals surface area contributed by atoms with Gasteiger partial charge in [-0.2, -0.15) is 0 Å². The van der Waals surface area contributed by atoms with Gasteiger partial charge in [-0.3, -0.25) is 4.79 Å². The number of nitrogens with one attached hydrogen (secondary N) is 1. The molecule has 0 unspecified atom stereocenters. The SMILES string of the molecule is CC(C)(C)[C@H](N)C(=O)NCCc1ccccc1Cl. The first-order chi connectivity index (χ1) is 8.32. The summed E-state index contributed by atoms with van der Waals surface area (Å²) in [5.74, 6) is -0.116. The molecule has 0 fully saturated rings. The maximum atomic E-state index is 11.8. The Hall–Kier alpha value is -1.06. The van der Waals surface area contributed by atoms with Gasteiger partial charge in [-0.25, -0.2) is 0 Å². The summed E-state index contributed by atoms with van der Waals surface area (Å²) in [7, 11) is 0. The third kappa shape index (κ3) is 4.31. The molecular weight excluding hydrogens is 248 g/mol. The Kier molecular flexibility index (Phi) is 5.17. The predicted molar refractivity (Wildman–Crippen MR) is 75.6 cm³/mol. The van der Waals surface area contributed by atoms with Gasteiger partial charge in [-0.1, -0.05) is 50.6 Å². The van der Waals surface area contributed by atoms with E-state index in [9.17, 15) is 4.79 Å². The van der Waals surface area contributed by atoms with E-state index in [2.05, 4.69) is 5.32 Å². The molecule has 1 rings (SSSR count). The molecule has 0 aromatic heterocycles. The van der Waals surface area contributed by atoms with E-state index in [1.807, 2.05) is 45.0 Å². The summed E-state index contributed by atoms with van der Waals surface area (Å²) in [4.78, 5) is 11.8. The summed E-state index contributed by atoms with van der Waals surface area (Å²) < 4.78 is 0. The number of rotatable bonds is 4. The van der Waals surface area contributed by atoms with Crippen molar-refractivity contribution in [2.45, 2.75) is 33.2 Å². The summed E-state index contributed by atoms with van der Waals surface area (Å²) in [5, 5.41) is 3.57. The van der Waals surface area contributed by atoms with E-state index in [4.69, 9.17) is 17.3 Å². The monoisotopic (exact) mass is 268 g/mol. The van der Waals surface area contributed by atoms with Crippen LogP contribution in [0.3, 0.4) is 0 Å². The van der Waals surface area contributed by atoms with Gasteiger partial charge in [-0.05, 0) is 23.5 Å². The van der Waals surface area contributed by atoms with E-state index >= 15 is 0 Å². The van der Waals surface area contributed by atoms with Crippen molar-refractivity contribution in [3.05, 3.63) is 34.9 Å². The van der Waals surface area contributed by atoms with Crippen molar-refractivity contribution in [2.24, 2.45) is 11.1 Å². The Balaban J connectivity index is 2.43. The zero-order chi connectivity index (χ0) is 13.8. The molecule has 1 aromatic carbocycles. The average Bonchev–Trinajstić information content (AvgIpc) is 2.29. The van der Waals surface area contributed by atoms with Gasteiger partial charge in [0.05, 0.1) is 6.04 Å². The van der Waals surface area contributed by atoms with Crippen molar-refractivity contribution < 1.29 is 4.79 Å². The fourth-order valence-corrected chi connectivity index (χ4v) is 1.75. The Morgan fingerprint density at radius 1 is 1.39 bits per heavy atom. The number of hydrogen-bond acceptors (Lipinski definition) is 2. The van der Waals surface area contributed by atoms with Crippen molar-refractivity contribution in [1.29, 1.82) is 0 Å².